The molecule has 17 heavy (non-hydrogen) atoms. The van der Waals surface area contributed by atoms with Gasteiger partial charge in [0.15, 0.2) is 5.69 Å². The van der Waals surface area contributed by atoms with E-state index in [0.29, 0.717) is 0 Å². The van der Waals surface area contributed by atoms with E-state index in [0.717, 1.165) is 27.2 Å². The minimum atomic E-state index is -4.49. The molecule has 0 radical (unpaired) electrons. The summed E-state index contributed by atoms with van der Waals surface area (Å²) in [7, 11) is 0. The maximum atomic E-state index is 12.3. The molecule has 2 aromatic rings. The zero-order valence-corrected chi connectivity index (χ0v) is 8.81. The lowest BCUT2D eigenvalue weighted by Crippen LogP contribution is -2.35. The predicted octanol–water partition coefficient (Wildman–Crippen LogP) is 1.72. The minimum absolute atomic E-state index is 0.131. The zero-order chi connectivity index (χ0) is 12.6. The smallest absolute Gasteiger partial charge is 0.350 e. The number of hydrogen-bond acceptors (Lipinski definition) is 2. The largest absolute Gasteiger partial charge is 0.437 e. The van der Waals surface area contributed by atoms with Crippen LogP contribution in [-0.4, -0.2) is 15.0 Å². The molecule has 2 heterocycles. The number of alkyl halides is 3. The van der Waals surface area contributed by atoms with Gasteiger partial charge in [0.05, 0.1) is 0 Å². The molecule has 0 fully saturated rings. The highest BCUT2D eigenvalue weighted by Crippen LogP contribution is 2.27. The first kappa shape index (κ1) is 11.4. The molecule has 0 saturated carbocycles. The number of halogens is 3. The number of pyridine rings is 1. The minimum Gasteiger partial charge on any atom is -0.350 e. The third kappa shape index (κ3) is 2.22. The lowest BCUT2D eigenvalue weighted by atomic mass is 10.3. The highest BCUT2D eigenvalue weighted by atomic mass is 19.4. The fourth-order valence-electron chi connectivity index (χ4n) is 1.37. The van der Waals surface area contributed by atoms with Crippen molar-refractivity contribution in [2.24, 2.45) is 0 Å². The SMILES string of the molecule is Cc1ccc(-n2ccc(C(F)(F)F)n2)[n+](O)c1. The van der Waals surface area contributed by atoms with Gasteiger partial charge in [-0.15, -0.1) is 4.68 Å². The van der Waals surface area contributed by atoms with E-state index in [1.807, 2.05) is 0 Å². The third-order valence-corrected chi connectivity index (χ3v) is 2.17. The average molecular weight is 244 g/mol. The summed E-state index contributed by atoms with van der Waals surface area (Å²) in [4.78, 5) is 0. The van der Waals surface area contributed by atoms with Gasteiger partial charge < -0.3 is 5.21 Å². The summed E-state index contributed by atoms with van der Waals surface area (Å²) < 4.78 is 38.7. The summed E-state index contributed by atoms with van der Waals surface area (Å²) in [6, 6.07) is 3.99. The molecule has 4 nitrogen and oxygen atoms in total. The number of rotatable bonds is 1. The molecule has 0 aromatic carbocycles. The van der Waals surface area contributed by atoms with Crippen LogP contribution >= 0.6 is 0 Å². The van der Waals surface area contributed by atoms with Crippen LogP contribution in [0.1, 0.15) is 11.3 Å². The Morgan fingerprint density at radius 3 is 2.53 bits per heavy atom. The molecule has 2 rings (SSSR count). The molecule has 0 amide bonds. The fraction of sp³-hybridized carbons (Fsp3) is 0.200. The average Bonchev–Trinajstić information content (AvgIpc) is 2.65. The van der Waals surface area contributed by atoms with Gasteiger partial charge in [0.1, 0.15) is 12.4 Å². The Kier molecular flexibility index (Phi) is 2.53. The van der Waals surface area contributed by atoms with E-state index in [2.05, 4.69) is 5.10 Å². The molecule has 1 N–H and O–H groups in total. The number of nitrogens with zero attached hydrogens (tertiary/aromatic N) is 3. The van der Waals surface area contributed by atoms with Crippen LogP contribution in [0.25, 0.3) is 5.82 Å². The van der Waals surface area contributed by atoms with Crippen molar-refractivity contribution >= 4 is 0 Å². The van der Waals surface area contributed by atoms with E-state index in [4.69, 9.17) is 0 Å². The van der Waals surface area contributed by atoms with E-state index in [1.165, 1.54) is 12.3 Å². The van der Waals surface area contributed by atoms with Crippen molar-refractivity contribution in [3.63, 3.8) is 0 Å². The summed E-state index contributed by atoms with van der Waals surface area (Å²) in [6.07, 6.45) is -1.97. The molecule has 0 aliphatic heterocycles. The van der Waals surface area contributed by atoms with E-state index in [9.17, 15) is 18.4 Å². The molecular weight excluding hydrogens is 235 g/mol. The molecule has 90 valence electrons. The van der Waals surface area contributed by atoms with Gasteiger partial charge in [-0.25, -0.2) is 0 Å². The normalized spacial score (nSPS) is 11.8. The molecule has 0 spiro atoms. The Morgan fingerprint density at radius 1 is 1.29 bits per heavy atom. The van der Waals surface area contributed by atoms with Gasteiger partial charge >= 0.3 is 12.0 Å². The van der Waals surface area contributed by atoms with Gasteiger partial charge in [-0.05, 0) is 23.3 Å². The Morgan fingerprint density at radius 2 is 2.00 bits per heavy atom. The van der Waals surface area contributed by atoms with Crippen LogP contribution in [0.3, 0.4) is 0 Å². The second-order valence-corrected chi connectivity index (χ2v) is 3.55. The zero-order valence-electron chi connectivity index (χ0n) is 8.81. The molecule has 0 aliphatic rings. The molecule has 0 aliphatic carbocycles. The van der Waals surface area contributed by atoms with Gasteiger partial charge in [0.2, 0.25) is 0 Å². The van der Waals surface area contributed by atoms with Crippen molar-refractivity contribution in [1.82, 2.24) is 9.78 Å². The van der Waals surface area contributed by atoms with E-state index < -0.39 is 11.9 Å². The van der Waals surface area contributed by atoms with Crippen LogP contribution in [0.5, 0.6) is 0 Å². The quantitative estimate of drug-likeness (QED) is 0.613. The predicted molar refractivity (Wildman–Crippen MR) is 50.7 cm³/mol. The van der Waals surface area contributed by atoms with Gasteiger partial charge in [-0.1, -0.05) is 5.10 Å². The highest BCUT2D eigenvalue weighted by Gasteiger charge is 2.35. The van der Waals surface area contributed by atoms with Crippen LogP contribution in [0.15, 0.2) is 30.6 Å². The van der Waals surface area contributed by atoms with Gasteiger partial charge in [-0.2, -0.15) is 13.2 Å². The topological polar surface area (TPSA) is 41.9 Å². The van der Waals surface area contributed by atoms with E-state index in [1.54, 1.807) is 13.0 Å². The Balaban J connectivity index is 2.44. The van der Waals surface area contributed by atoms with Crippen LogP contribution in [0, 0.1) is 6.92 Å². The van der Waals surface area contributed by atoms with E-state index in [-0.39, 0.29) is 5.82 Å². The Hall–Kier alpha value is -2.05. The fourth-order valence-corrected chi connectivity index (χ4v) is 1.37. The second-order valence-electron chi connectivity index (χ2n) is 3.55. The summed E-state index contributed by atoms with van der Waals surface area (Å²) in [5, 5.41) is 12.9. The van der Waals surface area contributed by atoms with Crippen molar-refractivity contribution in [1.29, 1.82) is 0 Å². The summed E-state index contributed by atoms with van der Waals surface area (Å²) >= 11 is 0. The van der Waals surface area contributed by atoms with Gasteiger partial charge in [-0.3, -0.25) is 0 Å². The van der Waals surface area contributed by atoms with Crippen molar-refractivity contribution in [2.45, 2.75) is 13.1 Å². The van der Waals surface area contributed by atoms with Crippen LogP contribution < -0.4 is 4.73 Å². The maximum Gasteiger partial charge on any atom is 0.437 e. The van der Waals surface area contributed by atoms with Crippen molar-refractivity contribution in [2.75, 3.05) is 0 Å². The van der Waals surface area contributed by atoms with Gasteiger partial charge in [0, 0.05) is 12.1 Å². The molecule has 0 atom stereocenters. The maximum absolute atomic E-state index is 12.3. The molecule has 0 unspecified atom stereocenters. The highest BCUT2D eigenvalue weighted by molar-refractivity contribution is 5.19. The summed E-state index contributed by atoms with van der Waals surface area (Å²) in [5.74, 6) is 0.131. The van der Waals surface area contributed by atoms with Crippen molar-refractivity contribution in [3.05, 3.63) is 41.9 Å². The molecule has 7 heteroatoms. The monoisotopic (exact) mass is 244 g/mol. The third-order valence-electron chi connectivity index (χ3n) is 2.17. The van der Waals surface area contributed by atoms with Crippen LogP contribution in [-0.2, 0) is 6.18 Å². The van der Waals surface area contributed by atoms with Crippen LogP contribution in [0.4, 0.5) is 13.2 Å². The lowest BCUT2D eigenvalue weighted by molar-refractivity contribution is -0.900. The van der Waals surface area contributed by atoms with E-state index >= 15 is 0 Å². The second kappa shape index (κ2) is 3.76. The summed E-state index contributed by atoms with van der Waals surface area (Å²) in [6.45, 7) is 1.75. The van der Waals surface area contributed by atoms with Crippen molar-refractivity contribution in [3.8, 4) is 5.82 Å². The molecule has 2 aromatic heterocycles. The first-order chi connectivity index (χ1) is 7.88. The first-order valence-electron chi connectivity index (χ1n) is 4.73. The molecule has 0 saturated heterocycles. The Bertz CT molecular complexity index is 548. The molecule has 0 bridgehead atoms. The van der Waals surface area contributed by atoms with Gasteiger partial charge in [0.25, 0.3) is 0 Å². The Labute approximate surface area is 94.5 Å². The molecular formula is C10H9F3N3O+. The van der Waals surface area contributed by atoms with Crippen molar-refractivity contribution < 1.29 is 23.1 Å². The number of aryl methyl sites for hydroxylation is 1. The number of aromatic nitrogens is 3. The summed E-state index contributed by atoms with van der Waals surface area (Å²) in [5.41, 5.74) is -0.225. The first-order valence-corrected chi connectivity index (χ1v) is 4.73. The lowest BCUT2D eigenvalue weighted by Gasteiger charge is -1.99. The number of hydrogen-bond donors (Lipinski definition) is 1. The standard InChI is InChI=1S/C10H9F3N3O/c1-7-2-3-9(16(17)6-7)15-5-4-8(14-15)10(11,12)13/h2-6,17H,1H3/q+1. The van der Waals surface area contributed by atoms with Crippen LogP contribution in [0.2, 0.25) is 0 Å².